The van der Waals surface area contributed by atoms with E-state index in [0.29, 0.717) is 23.9 Å². The molecule has 0 spiro atoms. The maximum Gasteiger partial charge on any atom is 0.231 e. The van der Waals surface area contributed by atoms with Crippen LogP contribution in [0.3, 0.4) is 0 Å². The zero-order chi connectivity index (χ0) is 14.2. The van der Waals surface area contributed by atoms with Crippen LogP contribution in [0.25, 0.3) is 0 Å². The third-order valence-electron chi connectivity index (χ3n) is 5.98. The monoisotopic (exact) mass is 289 g/mol. The van der Waals surface area contributed by atoms with E-state index < -0.39 is 0 Å². The lowest BCUT2D eigenvalue weighted by Crippen LogP contribution is -2.21. The molecule has 116 valence electrons. The second-order valence-electron chi connectivity index (χ2n) is 7.39. The second-order valence-corrected chi connectivity index (χ2v) is 7.39. The van der Waals surface area contributed by atoms with Gasteiger partial charge in [0.2, 0.25) is 5.89 Å². The van der Waals surface area contributed by atoms with Crippen molar-refractivity contribution in [2.75, 3.05) is 0 Å². The van der Waals surface area contributed by atoms with Gasteiger partial charge in [0, 0.05) is 18.0 Å². The molecule has 2 bridgehead atoms. The molecular weight excluding hydrogens is 262 g/mol. The SMILES string of the molecule is CCCC1CCC(c2noc(C3CC4CCC3N4)n2)CC1. The highest BCUT2D eigenvalue weighted by Gasteiger charge is 2.42. The van der Waals surface area contributed by atoms with Crippen LogP contribution in [0.5, 0.6) is 0 Å². The maximum absolute atomic E-state index is 5.63. The Balaban J connectivity index is 1.39. The predicted molar refractivity (Wildman–Crippen MR) is 81.2 cm³/mol. The van der Waals surface area contributed by atoms with Gasteiger partial charge in [-0.3, -0.25) is 0 Å². The fourth-order valence-electron chi connectivity index (χ4n) is 4.78. The van der Waals surface area contributed by atoms with Gasteiger partial charge in [-0.15, -0.1) is 0 Å². The van der Waals surface area contributed by atoms with Crippen LogP contribution < -0.4 is 5.32 Å². The van der Waals surface area contributed by atoms with Crippen molar-refractivity contribution in [3.63, 3.8) is 0 Å². The minimum absolute atomic E-state index is 0.474. The number of aromatic nitrogens is 2. The Morgan fingerprint density at radius 3 is 2.67 bits per heavy atom. The van der Waals surface area contributed by atoms with Crippen molar-refractivity contribution < 1.29 is 4.52 Å². The van der Waals surface area contributed by atoms with Crippen molar-refractivity contribution in [1.82, 2.24) is 15.5 Å². The first-order valence-corrected chi connectivity index (χ1v) is 8.93. The van der Waals surface area contributed by atoms with E-state index in [1.807, 2.05) is 0 Å². The van der Waals surface area contributed by atoms with E-state index in [1.54, 1.807) is 0 Å². The molecule has 1 N–H and O–H groups in total. The molecule has 3 unspecified atom stereocenters. The van der Waals surface area contributed by atoms with E-state index in [1.165, 1.54) is 57.8 Å². The molecule has 1 aliphatic carbocycles. The fraction of sp³-hybridized carbons (Fsp3) is 0.882. The molecule has 3 fully saturated rings. The summed E-state index contributed by atoms with van der Waals surface area (Å²) in [6, 6.07) is 1.28. The minimum atomic E-state index is 0.474. The molecule has 1 aromatic heterocycles. The van der Waals surface area contributed by atoms with E-state index in [4.69, 9.17) is 9.51 Å². The third-order valence-corrected chi connectivity index (χ3v) is 5.98. The molecule has 21 heavy (non-hydrogen) atoms. The van der Waals surface area contributed by atoms with E-state index in [-0.39, 0.29) is 0 Å². The molecule has 0 radical (unpaired) electrons. The van der Waals surface area contributed by atoms with Gasteiger partial charge >= 0.3 is 0 Å². The molecule has 1 saturated carbocycles. The summed E-state index contributed by atoms with van der Waals surface area (Å²) < 4.78 is 5.63. The Bertz CT molecular complexity index is 478. The highest BCUT2D eigenvalue weighted by atomic mass is 16.5. The van der Waals surface area contributed by atoms with Crippen molar-refractivity contribution in [2.45, 2.75) is 88.6 Å². The van der Waals surface area contributed by atoms with Crippen LogP contribution in [0.4, 0.5) is 0 Å². The first-order valence-electron chi connectivity index (χ1n) is 8.93. The number of nitrogens with zero attached hydrogens (tertiary/aromatic N) is 2. The van der Waals surface area contributed by atoms with Gasteiger partial charge in [-0.2, -0.15) is 4.98 Å². The number of hydrogen-bond donors (Lipinski definition) is 1. The van der Waals surface area contributed by atoms with Crippen LogP contribution in [0.1, 0.15) is 88.3 Å². The summed E-state index contributed by atoms with van der Waals surface area (Å²) in [4.78, 5) is 4.79. The average Bonchev–Trinajstić information content (AvgIpc) is 3.24. The first kappa shape index (κ1) is 13.7. The molecule has 3 atom stereocenters. The molecule has 4 nitrogen and oxygen atoms in total. The molecule has 3 aliphatic rings. The van der Waals surface area contributed by atoms with Crippen LogP contribution in [-0.4, -0.2) is 22.2 Å². The van der Waals surface area contributed by atoms with E-state index in [0.717, 1.165) is 17.6 Å². The Hall–Kier alpha value is -0.900. The average molecular weight is 289 g/mol. The standard InChI is InChI=1S/C17H27N3O/c1-2-3-11-4-6-12(7-5-11)16-19-17(21-20-16)14-10-13-8-9-15(14)18-13/h11-15,18H,2-10H2,1H3. The highest BCUT2D eigenvalue weighted by Crippen LogP contribution is 2.41. The summed E-state index contributed by atoms with van der Waals surface area (Å²) in [5, 5.41) is 7.98. The molecule has 4 rings (SSSR count). The lowest BCUT2D eigenvalue weighted by Gasteiger charge is -2.26. The molecule has 1 aromatic rings. The quantitative estimate of drug-likeness (QED) is 0.917. The Morgan fingerprint density at radius 1 is 1.14 bits per heavy atom. The van der Waals surface area contributed by atoms with Gasteiger partial charge in [-0.25, -0.2) is 0 Å². The van der Waals surface area contributed by atoms with Gasteiger partial charge in [-0.1, -0.05) is 24.9 Å². The zero-order valence-corrected chi connectivity index (χ0v) is 13.1. The first-order chi connectivity index (χ1) is 10.3. The number of hydrogen-bond acceptors (Lipinski definition) is 4. The topological polar surface area (TPSA) is 51.0 Å². The largest absolute Gasteiger partial charge is 0.339 e. The van der Waals surface area contributed by atoms with E-state index in [9.17, 15) is 0 Å². The van der Waals surface area contributed by atoms with Gasteiger partial charge < -0.3 is 9.84 Å². The minimum Gasteiger partial charge on any atom is -0.339 e. The Kier molecular flexibility index (Phi) is 3.74. The van der Waals surface area contributed by atoms with Gasteiger partial charge in [-0.05, 0) is 50.9 Å². The molecule has 2 saturated heterocycles. The molecule has 3 heterocycles. The van der Waals surface area contributed by atoms with Gasteiger partial charge in [0.1, 0.15) is 0 Å². The van der Waals surface area contributed by atoms with Crippen LogP contribution >= 0.6 is 0 Å². The lowest BCUT2D eigenvalue weighted by molar-refractivity contribution is 0.291. The normalized spacial score (nSPS) is 39.0. The summed E-state index contributed by atoms with van der Waals surface area (Å²) in [6.45, 7) is 2.29. The van der Waals surface area contributed by atoms with Crippen molar-refractivity contribution in [3.8, 4) is 0 Å². The Morgan fingerprint density at radius 2 is 2.00 bits per heavy atom. The van der Waals surface area contributed by atoms with Gasteiger partial charge in [0.25, 0.3) is 0 Å². The van der Waals surface area contributed by atoms with Crippen LogP contribution in [0, 0.1) is 5.92 Å². The number of nitrogens with one attached hydrogen (secondary N) is 1. The van der Waals surface area contributed by atoms with Crippen molar-refractivity contribution in [1.29, 1.82) is 0 Å². The molecule has 4 heteroatoms. The molecular formula is C17H27N3O. The van der Waals surface area contributed by atoms with Gasteiger partial charge in [0.15, 0.2) is 5.82 Å². The lowest BCUT2D eigenvalue weighted by atomic mass is 9.80. The van der Waals surface area contributed by atoms with Crippen molar-refractivity contribution in [3.05, 3.63) is 11.7 Å². The summed E-state index contributed by atoms with van der Waals surface area (Å²) in [7, 11) is 0. The summed E-state index contributed by atoms with van der Waals surface area (Å²) in [5.41, 5.74) is 0. The fourth-order valence-corrected chi connectivity index (χ4v) is 4.78. The second kappa shape index (κ2) is 5.71. The number of fused-ring (bicyclic) bond motifs is 2. The van der Waals surface area contributed by atoms with Crippen molar-refractivity contribution >= 4 is 0 Å². The van der Waals surface area contributed by atoms with Crippen LogP contribution in [0.15, 0.2) is 4.52 Å². The summed E-state index contributed by atoms with van der Waals surface area (Å²) in [5.74, 6) is 3.85. The maximum atomic E-state index is 5.63. The predicted octanol–water partition coefficient (Wildman–Crippen LogP) is 3.75. The van der Waals surface area contributed by atoms with Crippen molar-refractivity contribution in [2.24, 2.45) is 5.92 Å². The van der Waals surface area contributed by atoms with Crippen LogP contribution in [-0.2, 0) is 0 Å². The summed E-state index contributed by atoms with van der Waals surface area (Å²) >= 11 is 0. The Labute approximate surface area is 127 Å². The molecule has 0 amide bonds. The van der Waals surface area contributed by atoms with Crippen LogP contribution in [0.2, 0.25) is 0 Å². The highest BCUT2D eigenvalue weighted by molar-refractivity contribution is 5.11. The molecule has 0 aromatic carbocycles. The molecule has 2 aliphatic heterocycles. The zero-order valence-electron chi connectivity index (χ0n) is 13.1. The van der Waals surface area contributed by atoms with E-state index >= 15 is 0 Å². The summed E-state index contributed by atoms with van der Waals surface area (Å²) in [6.07, 6.45) is 11.7. The smallest absolute Gasteiger partial charge is 0.231 e. The third kappa shape index (κ3) is 2.63. The number of rotatable bonds is 4. The van der Waals surface area contributed by atoms with Gasteiger partial charge in [0.05, 0.1) is 5.92 Å². The van der Waals surface area contributed by atoms with E-state index in [2.05, 4.69) is 17.4 Å².